The number of benzene rings is 3. The van der Waals surface area contributed by atoms with Crippen molar-refractivity contribution in [2.45, 2.75) is 19.0 Å². The van der Waals surface area contributed by atoms with Gasteiger partial charge in [0.05, 0.1) is 11.8 Å². The summed E-state index contributed by atoms with van der Waals surface area (Å²) in [5.41, 5.74) is 4.77. The van der Waals surface area contributed by atoms with Crippen molar-refractivity contribution in [1.82, 2.24) is 14.8 Å². The van der Waals surface area contributed by atoms with E-state index in [4.69, 9.17) is 9.72 Å². The average Bonchev–Trinajstić information content (AvgIpc) is 3.51. The zero-order valence-corrected chi connectivity index (χ0v) is 21.1. The van der Waals surface area contributed by atoms with Gasteiger partial charge in [0.15, 0.2) is 5.13 Å². The Bertz CT molecular complexity index is 1320. The highest BCUT2D eigenvalue weighted by Crippen LogP contribution is 2.39. The maximum Gasteiger partial charge on any atom is 0.257 e. The Morgan fingerprint density at radius 1 is 1.11 bits per heavy atom. The van der Waals surface area contributed by atoms with Gasteiger partial charge in [-0.05, 0) is 55.9 Å². The van der Waals surface area contributed by atoms with Crippen LogP contribution in [0, 0.1) is 0 Å². The molecule has 0 saturated carbocycles. The molecule has 0 spiro atoms. The Labute approximate surface area is 210 Å². The molecule has 5 rings (SSSR count). The number of anilines is 1. The van der Waals surface area contributed by atoms with Gasteiger partial charge in [-0.25, -0.2) is 4.98 Å². The number of ether oxygens (including phenoxy) is 1. The van der Waals surface area contributed by atoms with Crippen LogP contribution in [0.15, 0.2) is 66.7 Å². The molecule has 35 heavy (non-hydrogen) atoms. The summed E-state index contributed by atoms with van der Waals surface area (Å²) < 4.78 is 6.52. The lowest BCUT2D eigenvalue weighted by Crippen LogP contribution is -2.31. The monoisotopic (exact) mass is 486 g/mol. The third-order valence-corrected chi connectivity index (χ3v) is 7.64. The molecule has 180 valence electrons. The van der Waals surface area contributed by atoms with Gasteiger partial charge < -0.3 is 9.64 Å². The van der Waals surface area contributed by atoms with Crippen LogP contribution in [-0.2, 0) is 6.54 Å². The molecule has 1 saturated heterocycles. The van der Waals surface area contributed by atoms with Crippen LogP contribution in [0.1, 0.15) is 22.3 Å². The highest BCUT2D eigenvalue weighted by Gasteiger charge is 2.23. The van der Waals surface area contributed by atoms with E-state index in [0.29, 0.717) is 22.5 Å². The van der Waals surface area contributed by atoms with Crippen molar-refractivity contribution in [3.63, 3.8) is 0 Å². The number of carbonyl (C=O) groups is 1. The quantitative estimate of drug-likeness (QED) is 0.381. The molecule has 2 heterocycles. The van der Waals surface area contributed by atoms with E-state index >= 15 is 0 Å². The molecular weight excluding hydrogens is 456 g/mol. The SMILES string of the molecule is COc1ccc(-c2ccccc2)c2sc(NC(=O)c3ccc(CN4CCC(N(C)C)C4)cc3)nc12. The molecule has 7 heteroatoms. The molecule has 0 bridgehead atoms. The van der Waals surface area contributed by atoms with Crippen molar-refractivity contribution < 1.29 is 9.53 Å². The summed E-state index contributed by atoms with van der Waals surface area (Å²) in [6.45, 7) is 3.10. The highest BCUT2D eigenvalue weighted by atomic mass is 32.1. The minimum absolute atomic E-state index is 0.162. The van der Waals surface area contributed by atoms with Gasteiger partial charge in [-0.1, -0.05) is 53.8 Å². The minimum atomic E-state index is -0.162. The van der Waals surface area contributed by atoms with Crippen LogP contribution >= 0.6 is 11.3 Å². The first-order valence-electron chi connectivity index (χ1n) is 11.8. The van der Waals surface area contributed by atoms with Crippen LogP contribution < -0.4 is 10.1 Å². The van der Waals surface area contributed by atoms with Gasteiger partial charge in [-0.3, -0.25) is 15.0 Å². The van der Waals surface area contributed by atoms with E-state index in [-0.39, 0.29) is 5.91 Å². The molecular formula is C28H30N4O2S. The first kappa shape index (κ1) is 23.5. The summed E-state index contributed by atoms with van der Waals surface area (Å²) in [5.74, 6) is 0.531. The van der Waals surface area contributed by atoms with Gasteiger partial charge in [0.1, 0.15) is 11.3 Å². The summed E-state index contributed by atoms with van der Waals surface area (Å²) in [6.07, 6.45) is 1.20. The highest BCUT2D eigenvalue weighted by molar-refractivity contribution is 7.23. The van der Waals surface area contributed by atoms with Crippen molar-refractivity contribution in [3.05, 3.63) is 77.9 Å². The molecule has 0 aliphatic carbocycles. The zero-order valence-electron chi connectivity index (χ0n) is 20.3. The standard InChI is InChI=1S/C28H30N4O2S/c1-31(2)22-15-16-32(18-22)17-19-9-11-21(12-10-19)27(33)30-28-29-25-24(34-3)14-13-23(26(25)35-28)20-7-5-4-6-8-20/h4-14,22H,15-18H2,1-3H3,(H,29,30,33). The van der Waals surface area contributed by atoms with E-state index in [1.165, 1.54) is 23.3 Å². The number of hydrogen-bond donors (Lipinski definition) is 1. The number of hydrogen-bond acceptors (Lipinski definition) is 6. The molecule has 1 atom stereocenters. The minimum Gasteiger partial charge on any atom is -0.494 e. The number of likely N-dealkylation sites (tertiary alicyclic amines) is 1. The molecule has 1 N–H and O–H groups in total. The normalized spacial score (nSPS) is 16.2. The maximum absolute atomic E-state index is 13.0. The van der Waals surface area contributed by atoms with Crippen molar-refractivity contribution in [3.8, 4) is 16.9 Å². The predicted octanol–water partition coefficient (Wildman–Crippen LogP) is 5.36. The Balaban J connectivity index is 1.31. The summed E-state index contributed by atoms with van der Waals surface area (Å²) in [5, 5.41) is 3.54. The average molecular weight is 487 g/mol. The second-order valence-corrected chi connectivity index (χ2v) is 10.2. The van der Waals surface area contributed by atoms with E-state index < -0.39 is 0 Å². The van der Waals surface area contributed by atoms with Gasteiger partial charge in [0.2, 0.25) is 0 Å². The van der Waals surface area contributed by atoms with E-state index in [2.05, 4.69) is 41.3 Å². The number of aromatic nitrogens is 1. The molecule has 1 unspecified atom stereocenters. The van der Waals surface area contributed by atoms with E-state index in [9.17, 15) is 4.79 Å². The molecule has 0 radical (unpaired) electrons. The van der Waals surface area contributed by atoms with Crippen LogP contribution in [-0.4, -0.2) is 61.0 Å². The molecule has 1 aliphatic heterocycles. The number of fused-ring (bicyclic) bond motifs is 1. The molecule has 3 aromatic carbocycles. The molecule has 4 aromatic rings. The Morgan fingerprint density at radius 2 is 1.89 bits per heavy atom. The lowest BCUT2D eigenvalue weighted by Gasteiger charge is -2.20. The van der Waals surface area contributed by atoms with Crippen molar-refractivity contribution in [2.75, 3.05) is 39.6 Å². The fraction of sp³-hybridized carbons (Fsp3) is 0.286. The fourth-order valence-corrected chi connectivity index (χ4v) is 5.63. The molecule has 1 aromatic heterocycles. The second kappa shape index (κ2) is 10.2. The van der Waals surface area contributed by atoms with E-state index in [1.807, 2.05) is 54.6 Å². The van der Waals surface area contributed by atoms with Gasteiger partial charge in [0.25, 0.3) is 5.91 Å². The summed E-state index contributed by atoms with van der Waals surface area (Å²) in [6, 6.07) is 22.7. The van der Waals surface area contributed by atoms with E-state index in [1.54, 1.807) is 7.11 Å². The fourth-order valence-electron chi connectivity index (χ4n) is 4.61. The Hall–Kier alpha value is -3.26. The van der Waals surface area contributed by atoms with E-state index in [0.717, 1.165) is 41.0 Å². The van der Waals surface area contributed by atoms with Crippen molar-refractivity contribution >= 4 is 32.6 Å². The number of carbonyl (C=O) groups excluding carboxylic acids is 1. The van der Waals surface area contributed by atoms with Gasteiger partial charge >= 0.3 is 0 Å². The predicted molar refractivity (Wildman–Crippen MR) is 143 cm³/mol. The molecule has 1 fully saturated rings. The lowest BCUT2D eigenvalue weighted by atomic mass is 10.1. The smallest absolute Gasteiger partial charge is 0.257 e. The maximum atomic E-state index is 13.0. The lowest BCUT2D eigenvalue weighted by molar-refractivity contribution is 0.102. The first-order chi connectivity index (χ1) is 17.0. The number of rotatable bonds is 7. The third-order valence-electron chi connectivity index (χ3n) is 6.63. The van der Waals surface area contributed by atoms with Crippen LogP contribution in [0.2, 0.25) is 0 Å². The molecule has 1 aliphatic rings. The summed E-state index contributed by atoms with van der Waals surface area (Å²) >= 11 is 1.46. The number of thiazole rings is 1. The number of methoxy groups -OCH3 is 1. The Kier molecular flexibility index (Phi) is 6.81. The van der Waals surface area contributed by atoms with Gasteiger partial charge in [0, 0.05) is 36.8 Å². The van der Waals surface area contributed by atoms with Crippen LogP contribution in [0.25, 0.3) is 21.3 Å². The van der Waals surface area contributed by atoms with Crippen molar-refractivity contribution in [2.24, 2.45) is 0 Å². The summed E-state index contributed by atoms with van der Waals surface area (Å²) in [4.78, 5) is 22.4. The zero-order chi connectivity index (χ0) is 24.4. The largest absolute Gasteiger partial charge is 0.494 e. The second-order valence-electron chi connectivity index (χ2n) is 9.17. The summed E-state index contributed by atoms with van der Waals surface area (Å²) in [7, 11) is 5.93. The van der Waals surface area contributed by atoms with Gasteiger partial charge in [-0.2, -0.15) is 0 Å². The van der Waals surface area contributed by atoms with Crippen molar-refractivity contribution in [1.29, 1.82) is 0 Å². The van der Waals surface area contributed by atoms with Crippen LogP contribution in [0.4, 0.5) is 5.13 Å². The number of likely N-dealkylation sites (N-methyl/N-ethyl adjacent to an activating group) is 1. The number of nitrogens with one attached hydrogen (secondary N) is 1. The first-order valence-corrected chi connectivity index (χ1v) is 12.7. The van der Waals surface area contributed by atoms with Crippen LogP contribution in [0.3, 0.4) is 0 Å². The molecule has 6 nitrogen and oxygen atoms in total. The van der Waals surface area contributed by atoms with Gasteiger partial charge in [-0.15, -0.1) is 0 Å². The third kappa shape index (κ3) is 5.07. The van der Waals surface area contributed by atoms with Crippen LogP contribution in [0.5, 0.6) is 5.75 Å². The molecule has 1 amide bonds. The number of amides is 1. The number of nitrogens with zero attached hydrogens (tertiary/aromatic N) is 3. The topological polar surface area (TPSA) is 57.7 Å². The Morgan fingerprint density at radius 3 is 2.57 bits per heavy atom.